The number of rotatable bonds is 3. The van der Waals surface area contributed by atoms with Gasteiger partial charge in [-0.15, -0.1) is 0 Å². The zero-order valence-corrected chi connectivity index (χ0v) is 11.1. The lowest BCUT2D eigenvalue weighted by molar-refractivity contribution is 0.112. The van der Waals surface area contributed by atoms with Crippen LogP contribution in [0.25, 0.3) is 0 Å². The van der Waals surface area contributed by atoms with Crippen LogP contribution in [-0.2, 0) is 0 Å². The molecule has 88 valence electrons. The highest BCUT2D eigenvalue weighted by Gasteiger charge is 2.06. The topological polar surface area (TPSA) is 26.3 Å². The molecule has 1 aromatic carbocycles. The molecule has 1 heterocycles. The van der Waals surface area contributed by atoms with E-state index in [1.165, 1.54) is 11.3 Å². The lowest BCUT2D eigenvalue weighted by Gasteiger charge is -2.07. The van der Waals surface area contributed by atoms with Crippen LogP contribution in [0, 0.1) is 13.8 Å². The molecule has 0 atom stereocenters. The van der Waals surface area contributed by atoms with Crippen molar-refractivity contribution < 1.29 is 9.53 Å². The van der Waals surface area contributed by atoms with E-state index in [1.807, 2.05) is 26.0 Å². The molecule has 2 nitrogen and oxygen atoms in total. The Labute approximate surface area is 109 Å². The number of thiophene rings is 1. The van der Waals surface area contributed by atoms with E-state index in [2.05, 4.69) is 0 Å². The van der Waals surface area contributed by atoms with Gasteiger partial charge in [-0.05, 0) is 49.2 Å². The number of benzene rings is 1. The van der Waals surface area contributed by atoms with Gasteiger partial charge in [0.15, 0.2) is 11.3 Å². The molecule has 0 unspecified atom stereocenters. The molecule has 0 saturated heterocycles. The van der Waals surface area contributed by atoms with Crippen LogP contribution in [0.4, 0.5) is 0 Å². The van der Waals surface area contributed by atoms with Gasteiger partial charge in [0.1, 0.15) is 5.75 Å². The number of hydrogen-bond acceptors (Lipinski definition) is 3. The Morgan fingerprint density at radius 3 is 2.41 bits per heavy atom. The summed E-state index contributed by atoms with van der Waals surface area (Å²) < 4.78 is 5.68. The molecule has 0 radical (unpaired) electrons. The van der Waals surface area contributed by atoms with Gasteiger partial charge in [0, 0.05) is 5.02 Å². The van der Waals surface area contributed by atoms with E-state index < -0.39 is 0 Å². The van der Waals surface area contributed by atoms with Crippen LogP contribution >= 0.6 is 22.9 Å². The SMILES string of the molecule is Cc1cc(Oc2ccc(C=O)s2)cc(C)c1Cl. The molecule has 0 aliphatic carbocycles. The zero-order valence-electron chi connectivity index (χ0n) is 9.49. The summed E-state index contributed by atoms with van der Waals surface area (Å²) in [6.07, 6.45) is 0.815. The molecule has 0 spiro atoms. The minimum Gasteiger partial charge on any atom is -0.447 e. The normalized spacial score (nSPS) is 10.3. The van der Waals surface area contributed by atoms with Gasteiger partial charge in [-0.1, -0.05) is 22.9 Å². The van der Waals surface area contributed by atoms with Gasteiger partial charge < -0.3 is 4.74 Å². The van der Waals surface area contributed by atoms with Crippen molar-refractivity contribution in [3.05, 3.63) is 45.3 Å². The van der Waals surface area contributed by atoms with Crippen LogP contribution in [-0.4, -0.2) is 6.29 Å². The summed E-state index contributed by atoms with van der Waals surface area (Å²) in [7, 11) is 0. The molecule has 0 N–H and O–H groups in total. The van der Waals surface area contributed by atoms with Gasteiger partial charge in [0.2, 0.25) is 0 Å². The van der Waals surface area contributed by atoms with E-state index in [0.29, 0.717) is 9.94 Å². The molecule has 0 amide bonds. The first-order valence-corrected chi connectivity index (χ1v) is 6.29. The molecule has 2 rings (SSSR count). The van der Waals surface area contributed by atoms with Crippen molar-refractivity contribution in [2.45, 2.75) is 13.8 Å². The van der Waals surface area contributed by atoms with E-state index in [-0.39, 0.29) is 0 Å². The molecule has 1 aromatic heterocycles. The molecular formula is C13H11ClO2S. The van der Waals surface area contributed by atoms with Crippen molar-refractivity contribution in [1.29, 1.82) is 0 Å². The number of carbonyl (C=O) groups excluding carboxylic acids is 1. The molecule has 0 saturated carbocycles. The lowest BCUT2D eigenvalue weighted by atomic mass is 10.1. The molecule has 0 aliphatic rings. The Morgan fingerprint density at radius 1 is 1.24 bits per heavy atom. The van der Waals surface area contributed by atoms with Crippen LogP contribution in [0.3, 0.4) is 0 Å². The van der Waals surface area contributed by atoms with Crippen molar-refractivity contribution in [2.75, 3.05) is 0 Å². The van der Waals surface area contributed by atoms with Crippen LogP contribution in [0.15, 0.2) is 24.3 Å². The number of halogens is 1. The first-order valence-electron chi connectivity index (χ1n) is 5.10. The number of carbonyl (C=O) groups is 1. The molecule has 0 fully saturated rings. The van der Waals surface area contributed by atoms with Crippen LogP contribution < -0.4 is 4.74 Å². The van der Waals surface area contributed by atoms with E-state index in [0.717, 1.165) is 28.2 Å². The summed E-state index contributed by atoms with van der Waals surface area (Å²) >= 11 is 7.40. The fourth-order valence-electron chi connectivity index (χ4n) is 1.53. The van der Waals surface area contributed by atoms with Crippen molar-refractivity contribution in [3.8, 4) is 10.8 Å². The van der Waals surface area contributed by atoms with Crippen molar-refractivity contribution in [2.24, 2.45) is 0 Å². The standard InChI is InChI=1S/C13H11ClO2S/c1-8-5-10(6-9(2)13(8)14)16-12-4-3-11(7-15)17-12/h3-7H,1-2H3. The second-order valence-electron chi connectivity index (χ2n) is 3.75. The number of ether oxygens (including phenoxy) is 1. The number of aryl methyl sites for hydroxylation is 2. The molecular weight excluding hydrogens is 256 g/mol. The highest BCUT2D eigenvalue weighted by atomic mass is 35.5. The Morgan fingerprint density at radius 2 is 1.88 bits per heavy atom. The highest BCUT2D eigenvalue weighted by Crippen LogP contribution is 2.32. The van der Waals surface area contributed by atoms with Crippen molar-refractivity contribution in [3.63, 3.8) is 0 Å². The summed E-state index contributed by atoms with van der Waals surface area (Å²) in [5, 5.41) is 1.46. The summed E-state index contributed by atoms with van der Waals surface area (Å²) in [6, 6.07) is 7.29. The third-order valence-electron chi connectivity index (χ3n) is 2.35. The first kappa shape index (κ1) is 12.1. The van der Waals surface area contributed by atoms with E-state index in [1.54, 1.807) is 12.1 Å². The zero-order chi connectivity index (χ0) is 12.4. The average molecular weight is 267 g/mol. The highest BCUT2D eigenvalue weighted by molar-refractivity contribution is 7.15. The summed E-state index contributed by atoms with van der Waals surface area (Å²) in [6.45, 7) is 3.88. The molecule has 2 aromatic rings. The largest absolute Gasteiger partial charge is 0.447 e. The Bertz CT molecular complexity index is 537. The van der Waals surface area contributed by atoms with Crippen molar-refractivity contribution >= 4 is 29.2 Å². The predicted molar refractivity (Wildman–Crippen MR) is 70.7 cm³/mol. The Kier molecular flexibility index (Phi) is 3.50. The predicted octanol–water partition coefficient (Wildman–Crippen LogP) is 4.62. The summed E-state index contributed by atoms with van der Waals surface area (Å²) in [5.41, 5.74) is 1.96. The quantitative estimate of drug-likeness (QED) is 0.758. The van der Waals surface area contributed by atoms with Gasteiger partial charge in [-0.25, -0.2) is 0 Å². The maximum atomic E-state index is 10.6. The summed E-state index contributed by atoms with van der Waals surface area (Å²) in [5.74, 6) is 0.740. The van der Waals surface area contributed by atoms with Gasteiger partial charge in [0.25, 0.3) is 0 Å². The maximum Gasteiger partial charge on any atom is 0.181 e. The lowest BCUT2D eigenvalue weighted by Crippen LogP contribution is -1.86. The monoisotopic (exact) mass is 266 g/mol. The average Bonchev–Trinajstić information content (AvgIpc) is 2.73. The minimum atomic E-state index is 0.655. The molecule has 0 aliphatic heterocycles. The number of hydrogen-bond donors (Lipinski definition) is 0. The third-order valence-corrected chi connectivity index (χ3v) is 3.83. The van der Waals surface area contributed by atoms with Crippen LogP contribution in [0.5, 0.6) is 10.8 Å². The van der Waals surface area contributed by atoms with E-state index >= 15 is 0 Å². The molecule has 4 heteroatoms. The first-order chi connectivity index (χ1) is 8.10. The van der Waals surface area contributed by atoms with Gasteiger partial charge in [0.05, 0.1) is 4.88 Å². The van der Waals surface area contributed by atoms with Crippen LogP contribution in [0.1, 0.15) is 20.8 Å². The second kappa shape index (κ2) is 4.90. The van der Waals surface area contributed by atoms with Gasteiger partial charge in [-0.3, -0.25) is 4.79 Å². The smallest absolute Gasteiger partial charge is 0.181 e. The van der Waals surface area contributed by atoms with Gasteiger partial charge >= 0.3 is 0 Å². The van der Waals surface area contributed by atoms with E-state index in [4.69, 9.17) is 16.3 Å². The molecule has 17 heavy (non-hydrogen) atoms. The van der Waals surface area contributed by atoms with Gasteiger partial charge in [-0.2, -0.15) is 0 Å². The fourth-order valence-corrected chi connectivity index (χ4v) is 2.33. The van der Waals surface area contributed by atoms with Crippen LogP contribution in [0.2, 0.25) is 5.02 Å². The van der Waals surface area contributed by atoms with E-state index in [9.17, 15) is 4.79 Å². The third kappa shape index (κ3) is 2.68. The van der Waals surface area contributed by atoms with Crippen molar-refractivity contribution in [1.82, 2.24) is 0 Å². The molecule has 0 bridgehead atoms. The number of aldehydes is 1. The minimum absolute atomic E-state index is 0.655. The second-order valence-corrected chi connectivity index (χ2v) is 5.20. The Balaban J connectivity index is 2.27. The summed E-state index contributed by atoms with van der Waals surface area (Å²) in [4.78, 5) is 11.2. The Hall–Kier alpha value is -1.32. The maximum absolute atomic E-state index is 10.6. The fraction of sp³-hybridized carbons (Fsp3) is 0.154.